The Balaban J connectivity index is 1.86. The van der Waals surface area contributed by atoms with Gasteiger partial charge in [0.2, 0.25) is 5.75 Å². The van der Waals surface area contributed by atoms with Crippen LogP contribution in [0.2, 0.25) is 5.02 Å². The second-order valence-corrected chi connectivity index (χ2v) is 6.71. The van der Waals surface area contributed by atoms with Crippen molar-refractivity contribution in [2.45, 2.75) is 6.92 Å². The highest BCUT2D eigenvalue weighted by atomic mass is 35.5. The molecule has 0 unspecified atom stereocenters. The quantitative estimate of drug-likeness (QED) is 0.397. The SMILES string of the molecule is COc1cc(C(=O)Nc2ccc(C)cc2F)ccc1Oc1ccc(Cl)cc1[N+](=O)[O-]. The van der Waals surface area contributed by atoms with Gasteiger partial charge in [0.1, 0.15) is 5.82 Å². The standard InChI is InChI=1S/C21H16ClFN2O5/c1-12-3-6-16(15(23)9-12)24-21(26)13-4-7-19(20(10-13)29-2)30-18-8-5-14(22)11-17(18)25(27)28/h3-11H,1-2H3,(H,24,26). The van der Waals surface area contributed by atoms with Crippen LogP contribution in [0.25, 0.3) is 0 Å². The summed E-state index contributed by atoms with van der Waals surface area (Å²) >= 11 is 5.81. The summed E-state index contributed by atoms with van der Waals surface area (Å²) in [5, 5.41) is 13.9. The van der Waals surface area contributed by atoms with Gasteiger partial charge in [-0.3, -0.25) is 14.9 Å². The molecule has 30 heavy (non-hydrogen) atoms. The minimum Gasteiger partial charge on any atom is -0.493 e. The molecule has 0 saturated carbocycles. The molecule has 0 saturated heterocycles. The molecule has 0 aliphatic rings. The second kappa shape index (κ2) is 8.79. The molecule has 0 spiro atoms. The summed E-state index contributed by atoms with van der Waals surface area (Å²) in [6.07, 6.45) is 0. The molecule has 3 aromatic carbocycles. The fourth-order valence-corrected chi connectivity index (χ4v) is 2.81. The van der Waals surface area contributed by atoms with Gasteiger partial charge in [-0.1, -0.05) is 17.7 Å². The number of aryl methyl sites for hydroxylation is 1. The van der Waals surface area contributed by atoms with Gasteiger partial charge in [0, 0.05) is 16.7 Å². The number of nitrogens with one attached hydrogen (secondary N) is 1. The highest BCUT2D eigenvalue weighted by Gasteiger charge is 2.19. The first kappa shape index (κ1) is 21.1. The topological polar surface area (TPSA) is 90.7 Å². The number of nitro benzene ring substituents is 1. The average molecular weight is 431 g/mol. The van der Waals surface area contributed by atoms with Crippen molar-refractivity contribution in [2.75, 3.05) is 12.4 Å². The van der Waals surface area contributed by atoms with Crippen LogP contribution in [-0.4, -0.2) is 17.9 Å². The van der Waals surface area contributed by atoms with Crippen LogP contribution in [0.1, 0.15) is 15.9 Å². The fourth-order valence-electron chi connectivity index (χ4n) is 2.65. The Morgan fingerprint density at radius 2 is 1.80 bits per heavy atom. The van der Waals surface area contributed by atoms with Gasteiger partial charge in [0.05, 0.1) is 17.7 Å². The number of hydrogen-bond donors (Lipinski definition) is 1. The Morgan fingerprint density at radius 1 is 1.07 bits per heavy atom. The number of benzene rings is 3. The lowest BCUT2D eigenvalue weighted by molar-refractivity contribution is -0.385. The molecule has 0 aromatic heterocycles. The van der Waals surface area contributed by atoms with Crippen molar-refractivity contribution in [3.8, 4) is 17.2 Å². The van der Waals surface area contributed by atoms with Crippen molar-refractivity contribution < 1.29 is 23.6 Å². The fraction of sp³-hybridized carbons (Fsp3) is 0.0952. The van der Waals surface area contributed by atoms with Crippen molar-refractivity contribution in [3.05, 3.63) is 86.7 Å². The summed E-state index contributed by atoms with van der Waals surface area (Å²) in [5.41, 5.74) is 0.637. The number of hydrogen-bond acceptors (Lipinski definition) is 5. The molecule has 1 N–H and O–H groups in total. The maximum Gasteiger partial charge on any atom is 0.313 e. The third-order valence-electron chi connectivity index (χ3n) is 4.14. The molecule has 0 fully saturated rings. The predicted octanol–water partition coefficient (Wildman–Crippen LogP) is 5.75. The summed E-state index contributed by atoms with van der Waals surface area (Å²) in [7, 11) is 1.36. The third-order valence-corrected chi connectivity index (χ3v) is 4.37. The molecule has 0 bridgehead atoms. The molecule has 0 radical (unpaired) electrons. The minimum absolute atomic E-state index is 0.0402. The molecular formula is C21H16ClFN2O5. The van der Waals surface area contributed by atoms with Crippen LogP contribution in [0, 0.1) is 22.9 Å². The molecular weight excluding hydrogens is 415 g/mol. The van der Waals surface area contributed by atoms with Crippen molar-refractivity contribution in [2.24, 2.45) is 0 Å². The Kier molecular flexibility index (Phi) is 6.17. The largest absolute Gasteiger partial charge is 0.493 e. The van der Waals surface area contributed by atoms with Crippen molar-refractivity contribution >= 4 is 28.9 Å². The Hall–Kier alpha value is -3.65. The number of carbonyl (C=O) groups is 1. The molecule has 154 valence electrons. The van der Waals surface area contributed by atoms with E-state index in [0.717, 1.165) is 5.56 Å². The molecule has 3 aromatic rings. The van der Waals surface area contributed by atoms with E-state index >= 15 is 0 Å². The van der Waals surface area contributed by atoms with Gasteiger partial charge in [-0.2, -0.15) is 0 Å². The lowest BCUT2D eigenvalue weighted by Gasteiger charge is -2.13. The van der Waals surface area contributed by atoms with Gasteiger partial charge in [-0.05, 0) is 55.0 Å². The van der Waals surface area contributed by atoms with Crippen LogP contribution in [0.3, 0.4) is 0 Å². The first-order valence-electron chi connectivity index (χ1n) is 8.66. The van der Waals surface area contributed by atoms with E-state index in [1.807, 2.05) is 0 Å². The van der Waals surface area contributed by atoms with E-state index in [2.05, 4.69) is 5.32 Å². The van der Waals surface area contributed by atoms with Crippen LogP contribution >= 0.6 is 11.6 Å². The molecule has 0 aliphatic carbocycles. The number of halogens is 2. The van der Waals surface area contributed by atoms with E-state index < -0.39 is 16.6 Å². The molecule has 1 amide bonds. The van der Waals surface area contributed by atoms with E-state index in [-0.39, 0.29) is 39.2 Å². The first-order chi connectivity index (χ1) is 14.3. The summed E-state index contributed by atoms with van der Waals surface area (Å²) in [5.74, 6) is -0.829. The predicted molar refractivity (Wildman–Crippen MR) is 110 cm³/mol. The van der Waals surface area contributed by atoms with Gasteiger partial charge < -0.3 is 14.8 Å². The van der Waals surface area contributed by atoms with Crippen molar-refractivity contribution in [3.63, 3.8) is 0 Å². The minimum atomic E-state index is -0.619. The Bertz CT molecular complexity index is 1140. The average Bonchev–Trinajstić information content (AvgIpc) is 2.71. The Labute approximate surface area is 176 Å². The van der Waals surface area contributed by atoms with Crippen molar-refractivity contribution in [1.82, 2.24) is 0 Å². The van der Waals surface area contributed by atoms with Crippen molar-refractivity contribution in [1.29, 1.82) is 0 Å². The van der Waals surface area contributed by atoms with Crippen LogP contribution < -0.4 is 14.8 Å². The maximum atomic E-state index is 14.0. The van der Waals surface area contributed by atoms with Crippen LogP contribution in [0.4, 0.5) is 15.8 Å². The number of ether oxygens (including phenoxy) is 2. The number of rotatable bonds is 6. The van der Waals surface area contributed by atoms with Crippen LogP contribution in [-0.2, 0) is 0 Å². The zero-order chi connectivity index (χ0) is 21.8. The number of anilines is 1. The molecule has 3 rings (SSSR count). The molecule has 0 aliphatic heterocycles. The van der Waals surface area contributed by atoms with E-state index in [1.54, 1.807) is 13.0 Å². The van der Waals surface area contributed by atoms with E-state index in [9.17, 15) is 19.3 Å². The number of amides is 1. The van der Waals surface area contributed by atoms with Crippen LogP contribution in [0.5, 0.6) is 17.2 Å². The molecule has 9 heteroatoms. The second-order valence-electron chi connectivity index (χ2n) is 6.27. The van der Waals surface area contributed by atoms with Gasteiger partial charge in [-0.25, -0.2) is 4.39 Å². The lowest BCUT2D eigenvalue weighted by atomic mass is 10.1. The smallest absolute Gasteiger partial charge is 0.313 e. The Morgan fingerprint density at radius 3 is 2.47 bits per heavy atom. The highest BCUT2D eigenvalue weighted by molar-refractivity contribution is 6.30. The van der Waals surface area contributed by atoms with Gasteiger partial charge in [0.25, 0.3) is 5.91 Å². The number of nitrogens with zero attached hydrogens (tertiary/aromatic N) is 1. The van der Waals surface area contributed by atoms with E-state index in [4.69, 9.17) is 21.1 Å². The summed E-state index contributed by atoms with van der Waals surface area (Å²) in [4.78, 5) is 23.1. The first-order valence-corrected chi connectivity index (χ1v) is 9.03. The van der Waals surface area contributed by atoms with Gasteiger partial charge >= 0.3 is 5.69 Å². The lowest BCUT2D eigenvalue weighted by Crippen LogP contribution is -2.13. The number of methoxy groups -OCH3 is 1. The maximum absolute atomic E-state index is 14.0. The normalized spacial score (nSPS) is 10.4. The van der Waals surface area contributed by atoms with E-state index in [1.165, 1.54) is 55.6 Å². The zero-order valence-corrected chi connectivity index (χ0v) is 16.7. The summed E-state index contributed by atoms with van der Waals surface area (Å²) in [6, 6.07) is 12.7. The zero-order valence-electron chi connectivity index (χ0n) is 15.9. The summed E-state index contributed by atoms with van der Waals surface area (Å²) in [6.45, 7) is 1.74. The van der Waals surface area contributed by atoms with Gasteiger partial charge in [0.15, 0.2) is 11.5 Å². The molecule has 0 heterocycles. The number of carbonyl (C=O) groups excluding carboxylic acids is 1. The highest BCUT2D eigenvalue weighted by Crippen LogP contribution is 2.38. The van der Waals surface area contributed by atoms with E-state index in [0.29, 0.717) is 0 Å². The third kappa shape index (κ3) is 4.66. The van der Waals surface area contributed by atoms with Crippen LogP contribution in [0.15, 0.2) is 54.6 Å². The monoisotopic (exact) mass is 430 g/mol. The number of nitro groups is 1. The van der Waals surface area contributed by atoms with Gasteiger partial charge in [-0.15, -0.1) is 0 Å². The molecule has 7 nitrogen and oxygen atoms in total. The summed E-state index contributed by atoms with van der Waals surface area (Å²) < 4.78 is 24.8. The molecule has 0 atom stereocenters.